The Kier molecular flexibility index (Phi) is 8.39. The van der Waals surface area contributed by atoms with E-state index < -0.39 is 23.2 Å². The number of benzene rings is 2. The number of hydrogen-bond donors (Lipinski definition) is 0. The van der Waals surface area contributed by atoms with Gasteiger partial charge in [0, 0.05) is 0 Å². The SMILES string of the molecule is CCCCC1CCC(C(C)Cc2cc(F)c(C(=O)Oc3ccc(C#N)cc3)c(F)c2)CC1. The van der Waals surface area contributed by atoms with Gasteiger partial charge in [0.2, 0.25) is 0 Å². The molecule has 1 aliphatic rings. The van der Waals surface area contributed by atoms with Gasteiger partial charge in [0.05, 0.1) is 11.6 Å². The summed E-state index contributed by atoms with van der Waals surface area (Å²) in [5.41, 5.74) is 0.271. The maximum Gasteiger partial charge on any atom is 0.349 e. The zero-order valence-electron chi connectivity index (χ0n) is 18.9. The van der Waals surface area contributed by atoms with Crippen LogP contribution < -0.4 is 4.74 Å². The topological polar surface area (TPSA) is 50.1 Å². The summed E-state index contributed by atoms with van der Waals surface area (Å²) in [7, 11) is 0. The minimum atomic E-state index is -1.09. The summed E-state index contributed by atoms with van der Waals surface area (Å²) in [5, 5.41) is 8.82. The van der Waals surface area contributed by atoms with Crippen LogP contribution in [0.15, 0.2) is 36.4 Å². The van der Waals surface area contributed by atoms with E-state index in [-0.39, 0.29) is 5.75 Å². The van der Waals surface area contributed by atoms with Crippen molar-refractivity contribution in [1.29, 1.82) is 5.26 Å². The van der Waals surface area contributed by atoms with Gasteiger partial charge in [-0.25, -0.2) is 13.6 Å². The summed E-state index contributed by atoms with van der Waals surface area (Å²) in [5.74, 6) is -1.05. The number of carbonyl (C=O) groups is 1. The first-order chi connectivity index (χ1) is 15.4. The molecule has 0 aromatic heterocycles. The molecule has 0 radical (unpaired) electrons. The molecule has 1 aliphatic carbocycles. The van der Waals surface area contributed by atoms with Gasteiger partial charge in [-0.3, -0.25) is 0 Å². The number of rotatable bonds is 8. The second-order valence-electron chi connectivity index (χ2n) is 9.06. The molecule has 3 nitrogen and oxygen atoms in total. The maximum atomic E-state index is 14.7. The first-order valence-electron chi connectivity index (χ1n) is 11.6. The molecule has 1 saturated carbocycles. The Hall–Kier alpha value is -2.74. The van der Waals surface area contributed by atoms with Gasteiger partial charge in [0.25, 0.3) is 0 Å². The van der Waals surface area contributed by atoms with Crippen molar-refractivity contribution in [3.05, 3.63) is 64.7 Å². The second-order valence-corrected chi connectivity index (χ2v) is 9.06. The van der Waals surface area contributed by atoms with Gasteiger partial charge in [0.15, 0.2) is 0 Å². The van der Waals surface area contributed by atoms with Crippen LogP contribution >= 0.6 is 0 Å². The lowest BCUT2D eigenvalue weighted by atomic mass is 9.73. The van der Waals surface area contributed by atoms with Crippen LogP contribution in [-0.2, 0) is 6.42 Å². The van der Waals surface area contributed by atoms with E-state index in [1.807, 2.05) is 6.07 Å². The Labute approximate surface area is 189 Å². The zero-order valence-corrected chi connectivity index (χ0v) is 18.9. The average molecular weight is 440 g/mol. The molecule has 1 atom stereocenters. The van der Waals surface area contributed by atoms with Crippen molar-refractivity contribution in [1.82, 2.24) is 0 Å². The average Bonchev–Trinajstić information content (AvgIpc) is 2.78. The van der Waals surface area contributed by atoms with Crippen molar-refractivity contribution in [2.45, 2.75) is 65.2 Å². The Morgan fingerprint density at radius 1 is 1.12 bits per heavy atom. The molecule has 1 unspecified atom stereocenters. The van der Waals surface area contributed by atoms with E-state index in [9.17, 15) is 13.6 Å². The van der Waals surface area contributed by atoms with E-state index >= 15 is 0 Å². The number of nitriles is 1. The maximum absolute atomic E-state index is 14.7. The summed E-state index contributed by atoms with van der Waals surface area (Å²) in [6.45, 7) is 4.38. The van der Waals surface area contributed by atoms with Gasteiger partial charge in [-0.1, -0.05) is 46.0 Å². The summed E-state index contributed by atoms with van der Waals surface area (Å²) in [6.07, 6.45) is 9.28. The van der Waals surface area contributed by atoms with Crippen molar-refractivity contribution < 1.29 is 18.3 Å². The van der Waals surface area contributed by atoms with Gasteiger partial charge in [0.1, 0.15) is 22.9 Å². The highest BCUT2D eigenvalue weighted by Crippen LogP contribution is 2.37. The fourth-order valence-corrected chi connectivity index (χ4v) is 4.77. The molecule has 170 valence electrons. The van der Waals surface area contributed by atoms with Crippen molar-refractivity contribution in [2.75, 3.05) is 0 Å². The molecule has 0 heterocycles. The third-order valence-electron chi connectivity index (χ3n) is 6.72. The molecule has 0 spiro atoms. The zero-order chi connectivity index (χ0) is 23.1. The van der Waals surface area contributed by atoms with Crippen LogP contribution in [0.1, 0.15) is 80.3 Å². The van der Waals surface area contributed by atoms with E-state index in [1.165, 1.54) is 81.3 Å². The molecule has 32 heavy (non-hydrogen) atoms. The Bertz CT molecular complexity index is 934. The van der Waals surface area contributed by atoms with Crippen LogP contribution in [0.2, 0.25) is 0 Å². The van der Waals surface area contributed by atoms with Crippen LogP contribution in [0.25, 0.3) is 0 Å². The number of unbranched alkanes of at least 4 members (excludes halogenated alkanes) is 1. The molecule has 3 rings (SSSR count). The predicted octanol–water partition coefficient (Wildman–Crippen LogP) is 7.23. The van der Waals surface area contributed by atoms with Crippen LogP contribution in [-0.4, -0.2) is 5.97 Å². The molecule has 5 heteroatoms. The van der Waals surface area contributed by atoms with E-state index in [2.05, 4.69) is 13.8 Å². The lowest BCUT2D eigenvalue weighted by molar-refractivity contribution is 0.0724. The normalized spacial score (nSPS) is 19.2. The molecule has 0 N–H and O–H groups in total. The van der Waals surface area contributed by atoms with Gasteiger partial charge in [-0.15, -0.1) is 0 Å². The smallest absolute Gasteiger partial charge is 0.349 e. The Morgan fingerprint density at radius 3 is 2.31 bits per heavy atom. The molecule has 2 aromatic carbocycles. The molecule has 0 saturated heterocycles. The summed E-state index contributed by atoms with van der Waals surface area (Å²) < 4.78 is 34.4. The molecule has 2 aromatic rings. The summed E-state index contributed by atoms with van der Waals surface area (Å²) in [4.78, 5) is 12.3. The minimum absolute atomic E-state index is 0.125. The fourth-order valence-electron chi connectivity index (χ4n) is 4.77. The molecular weight excluding hydrogens is 408 g/mol. The second kappa shape index (κ2) is 11.2. The molecule has 0 aliphatic heterocycles. The Balaban J connectivity index is 1.61. The number of hydrogen-bond acceptors (Lipinski definition) is 3. The van der Waals surface area contributed by atoms with Crippen LogP contribution in [0.5, 0.6) is 5.75 Å². The number of halogens is 2. The van der Waals surface area contributed by atoms with E-state index in [4.69, 9.17) is 10.00 Å². The minimum Gasteiger partial charge on any atom is -0.423 e. The standard InChI is InChI=1S/C27H31F2NO2/c1-3-4-5-19-6-10-22(11-7-19)18(2)14-21-15-24(28)26(25(29)16-21)27(31)32-23-12-8-20(17-30)9-13-23/h8-9,12-13,15-16,18-19,22H,3-7,10-11,14H2,1-2H3. The van der Waals surface area contributed by atoms with Gasteiger partial charge < -0.3 is 4.74 Å². The third-order valence-corrected chi connectivity index (χ3v) is 6.72. The Morgan fingerprint density at radius 2 is 1.75 bits per heavy atom. The molecule has 0 bridgehead atoms. The van der Waals surface area contributed by atoms with Crippen molar-refractivity contribution in [3.63, 3.8) is 0 Å². The van der Waals surface area contributed by atoms with Gasteiger partial charge in [-0.2, -0.15) is 5.26 Å². The first-order valence-corrected chi connectivity index (χ1v) is 11.6. The van der Waals surface area contributed by atoms with E-state index in [1.54, 1.807) is 0 Å². The lowest BCUT2D eigenvalue weighted by Crippen LogP contribution is -2.22. The number of carbonyl (C=O) groups excluding carboxylic acids is 1. The number of nitrogens with zero attached hydrogens (tertiary/aromatic N) is 1. The van der Waals surface area contributed by atoms with Gasteiger partial charge in [-0.05, 0) is 79.0 Å². The molecular formula is C27H31F2NO2. The van der Waals surface area contributed by atoms with Gasteiger partial charge >= 0.3 is 5.97 Å². The van der Waals surface area contributed by atoms with Crippen LogP contribution in [0, 0.1) is 40.7 Å². The van der Waals surface area contributed by atoms with E-state index in [0.29, 0.717) is 29.4 Å². The molecule has 0 amide bonds. The summed E-state index contributed by atoms with van der Waals surface area (Å²) in [6, 6.07) is 10.2. The van der Waals surface area contributed by atoms with Crippen molar-refractivity contribution in [3.8, 4) is 11.8 Å². The largest absolute Gasteiger partial charge is 0.423 e. The monoisotopic (exact) mass is 439 g/mol. The number of esters is 1. The highest BCUT2D eigenvalue weighted by molar-refractivity contribution is 5.91. The quantitative estimate of drug-likeness (QED) is 0.322. The summed E-state index contributed by atoms with van der Waals surface area (Å²) >= 11 is 0. The van der Waals surface area contributed by atoms with Crippen molar-refractivity contribution >= 4 is 5.97 Å². The molecule has 1 fully saturated rings. The van der Waals surface area contributed by atoms with Crippen LogP contribution in [0.3, 0.4) is 0 Å². The first kappa shape index (κ1) is 23.9. The number of ether oxygens (including phenoxy) is 1. The predicted molar refractivity (Wildman–Crippen MR) is 120 cm³/mol. The fraction of sp³-hybridized carbons (Fsp3) is 0.481. The van der Waals surface area contributed by atoms with Crippen LogP contribution in [0.4, 0.5) is 8.78 Å². The highest BCUT2D eigenvalue weighted by Gasteiger charge is 2.26. The third kappa shape index (κ3) is 6.16. The van der Waals surface area contributed by atoms with Crippen molar-refractivity contribution in [2.24, 2.45) is 17.8 Å². The van der Waals surface area contributed by atoms with E-state index in [0.717, 1.165) is 5.92 Å². The highest BCUT2D eigenvalue weighted by atomic mass is 19.1. The lowest BCUT2D eigenvalue weighted by Gasteiger charge is -2.32.